The number of amides is 1. The highest BCUT2D eigenvalue weighted by Gasteiger charge is 2.26. The molecule has 1 aromatic rings. The van der Waals surface area contributed by atoms with Crippen LogP contribution in [0.1, 0.15) is 24.1 Å². The predicted octanol–water partition coefficient (Wildman–Crippen LogP) is 1.35. The van der Waals surface area contributed by atoms with Crippen LogP contribution in [0.5, 0.6) is 0 Å². The molecule has 2 rings (SSSR count). The first-order valence-electron chi connectivity index (χ1n) is 6.28. The van der Waals surface area contributed by atoms with E-state index >= 15 is 0 Å². The van der Waals surface area contributed by atoms with Gasteiger partial charge in [0, 0.05) is 5.69 Å². The van der Waals surface area contributed by atoms with Crippen molar-refractivity contribution in [2.45, 2.75) is 19.4 Å². The van der Waals surface area contributed by atoms with Crippen molar-refractivity contribution in [3.8, 4) is 0 Å². The molecule has 5 heteroatoms. The minimum atomic E-state index is -0.444. The molecule has 0 aromatic heterocycles. The number of carbonyl (C=O) groups is 2. The van der Waals surface area contributed by atoms with Gasteiger partial charge in [0.1, 0.15) is 6.04 Å². The van der Waals surface area contributed by atoms with Gasteiger partial charge >= 0.3 is 5.97 Å². The fourth-order valence-electron chi connectivity index (χ4n) is 2.29. The van der Waals surface area contributed by atoms with Gasteiger partial charge in [-0.3, -0.25) is 9.69 Å². The number of esters is 1. The van der Waals surface area contributed by atoms with Crippen LogP contribution < -0.4 is 5.32 Å². The molecule has 0 spiro atoms. The van der Waals surface area contributed by atoms with Crippen molar-refractivity contribution in [3.63, 3.8) is 0 Å². The van der Waals surface area contributed by atoms with E-state index in [-0.39, 0.29) is 11.9 Å². The Morgan fingerprint density at radius 1 is 1.47 bits per heavy atom. The third kappa shape index (κ3) is 2.76. The number of nitrogens with one attached hydrogen (secondary N) is 1. The van der Waals surface area contributed by atoms with Crippen LogP contribution in [-0.4, -0.2) is 37.5 Å². The summed E-state index contributed by atoms with van der Waals surface area (Å²) in [5.41, 5.74) is 2.60. The van der Waals surface area contributed by atoms with Crippen LogP contribution in [0, 0.1) is 0 Å². The van der Waals surface area contributed by atoms with E-state index in [1.54, 1.807) is 6.92 Å². The zero-order valence-corrected chi connectivity index (χ0v) is 11.4. The van der Waals surface area contributed by atoms with Crippen LogP contribution in [0.2, 0.25) is 0 Å². The van der Waals surface area contributed by atoms with E-state index in [2.05, 4.69) is 5.32 Å². The lowest BCUT2D eigenvalue weighted by atomic mass is 10.0. The summed E-state index contributed by atoms with van der Waals surface area (Å²) in [6, 6.07) is 5.15. The molecular weight excluding hydrogens is 244 g/mol. The molecule has 0 saturated carbocycles. The summed E-state index contributed by atoms with van der Waals surface area (Å²) >= 11 is 0. The standard InChI is InChI=1S/C14H18N2O3/c1-4-19-14(18)13(16(2)3)9-5-6-11-10(7-9)8-12(17)15-11/h5-7,13H,4,8H2,1-3H3,(H,15,17). The second-order valence-corrected chi connectivity index (χ2v) is 4.76. The Morgan fingerprint density at radius 3 is 2.84 bits per heavy atom. The van der Waals surface area contributed by atoms with E-state index in [9.17, 15) is 9.59 Å². The molecule has 1 N–H and O–H groups in total. The highest BCUT2D eigenvalue weighted by Crippen LogP contribution is 2.28. The van der Waals surface area contributed by atoms with Crippen molar-refractivity contribution in [3.05, 3.63) is 29.3 Å². The minimum absolute atomic E-state index is 0.00955. The number of nitrogens with zero attached hydrogens (tertiary/aromatic N) is 1. The van der Waals surface area contributed by atoms with Crippen LogP contribution in [0.3, 0.4) is 0 Å². The van der Waals surface area contributed by atoms with E-state index in [0.29, 0.717) is 13.0 Å². The first kappa shape index (κ1) is 13.5. The van der Waals surface area contributed by atoms with Gasteiger partial charge in [-0.1, -0.05) is 12.1 Å². The second-order valence-electron chi connectivity index (χ2n) is 4.76. The lowest BCUT2D eigenvalue weighted by molar-refractivity contribution is -0.148. The van der Waals surface area contributed by atoms with Crippen LogP contribution in [0.15, 0.2) is 18.2 Å². The SMILES string of the molecule is CCOC(=O)C(c1ccc2c(c1)CC(=O)N2)N(C)C. The molecule has 1 amide bonds. The quantitative estimate of drug-likeness (QED) is 0.832. The third-order valence-electron chi connectivity index (χ3n) is 3.10. The van der Waals surface area contributed by atoms with Crippen molar-refractivity contribution in [1.82, 2.24) is 4.90 Å². The molecule has 1 heterocycles. The zero-order chi connectivity index (χ0) is 14.0. The maximum absolute atomic E-state index is 12.0. The maximum atomic E-state index is 12.0. The third-order valence-corrected chi connectivity index (χ3v) is 3.10. The molecule has 1 aromatic carbocycles. The number of carbonyl (C=O) groups excluding carboxylic acids is 2. The Balaban J connectivity index is 2.31. The first-order valence-corrected chi connectivity index (χ1v) is 6.28. The molecule has 5 nitrogen and oxygen atoms in total. The lowest BCUT2D eigenvalue weighted by Crippen LogP contribution is -2.29. The number of rotatable bonds is 4. The second kappa shape index (κ2) is 5.40. The summed E-state index contributed by atoms with van der Waals surface area (Å²) in [4.78, 5) is 25.2. The lowest BCUT2D eigenvalue weighted by Gasteiger charge is -2.23. The fraction of sp³-hybridized carbons (Fsp3) is 0.429. The molecule has 0 fully saturated rings. The van der Waals surface area contributed by atoms with Crippen molar-refractivity contribution >= 4 is 17.6 Å². The maximum Gasteiger partial charge on any atom is 0.327 e. The smallest absolute Gasteiger partial charge is 0.327 e. The number of benzene rings is 1. The van der Waals surface area contributed by atoms with Crippen LogP contribution in [-0.2, 0) is 20.7 Å². The summed E-state index contributed by atoms with van der Waals surface area (Å²) in [7, 11) is 3.66. The normalized spacial score (nSPS) is 15.1. The highest BCUT2D eigenvalue weighted by atomic mass is 16.5. The molecule has 0 bridgehead atoms. The van der Waals surface area contributed by atoms with E-state index in [4.69, 9.17) is 4.74 Å². The zero-order valence-electron chi connectivity index (χ0n) is 11.4. The molecule has 0 aliphatic carbocycles. The Kier molecular flexibility index (Phi) is 3.85. The van der Waals surface area contributed by atoms with Crippen molar-refractivity contribution in [2.75, 3.05) is 26.0 Å². The van der Waals surface area contributed by atoms with Crippen molar-refractivity contribution in [1.29, 1.82) is 0 Å². The number of anilines is 1. The summed E-state index contributed by atoms with van der Waals surface area (Å²) in [6.45, 7) is 2.14. The van der Waals surface area contributed by atoms with Gasteiger partial charge < -0.3 is 10.1 Å². The topological polar surface area (TPSA) is 58.6 Å². The van der Waals surface area contributed by atoms with Crippen LogP contribution >= 0.6 is 0 Å². The largest absolute Gasteiger partial charge is 0.465 e. The summed E-state index contributed by atoms with van der Waals surface area (Å²) < 4.78 is 5.10. The molecule has 19 heavy (non-hydrogen) atoms. The van der Waals surface area contributed by atoms with E-state index in [0.717, 1.165) is 16.8 Å². The van der Waals surface area contributed by atoms with Gasteiger partial charge in [-0.25, -0.2) is 4.79 Å². The number of likely N-dealkylation sites (N-methyl/N-ethyl adjacent to an activating group) is 1. The van der Waals surface area contributed by atoms with Gasteiger partial charge in [0.2, 0.25) is 5.91 Å². The Bertz CT molecular complexity index is 511. The van der Waals surface area contributed by atoms with Gasteiger partial charge in [-0.2, -0.15) is 0 Å². The molecule has 0 radical (unpaired) electrons. The Hall–Kier alpha value is -1.88. The van der Waals surface area contributed by atoms with Gasteiger partial charge in [-0.15, -0.1) is 0 Å². The molecule has 0 saturated heterocycles. The first-order chi connectivity index (χ1) is 9.02. The van der Waals surface area contributed by atoms with Crippen molar-refractivity contribution in [2.24, 2.45) is 0 Å². The molecular formula is C14H18N2O3. The van der Waals surface area contributed by atoms with Gasteiger partial charge in [0.25, 0.3) is 0 Å². The number of fused-ring (bicyclic) bond motifs is 1. The van der Waals surface area contributed by atoms with Crippen LogP contribution in [0.25, 0.3) is 0 Å². The minimum Gasteiger partial charge on any atom is -0.465 e. The van der Waals surface area contributed by atoms with E-state index < -0.39 is 6.04 Å². The molecule has 1 aliphatic rings. The Morgan fingerprint density at radius 2 is 2.21 bits per heavy atom. The number of hydrogen-bond acceptors (Lipinski definition) is 4. The van der Waals surface area contributed by atoms with Gasteiger partial charge in [0.05, 0.1) is 13.0 Å². The van der Waals surface area contributed by atoms with Gasteiger partial charge in [-0.05, 0) is 38.2 Å². The summed E-state index contributed by atoms with van der Waals surface area (Å²) in [5, 5.41) is 2.78. The monoisotopic (exact) mass is 262 g/mol. The van der Waals surface area contributed by atoms with E-state index in [1.807, 2.05) is 37.2 Å². The Labute approximate surface area is 112 Å². The summed E-state index contributed by atoms with van der Waals surface area (Å²) in [6.07, 6.45) is 0.367. The molecule has 1 unspecified atom stereocenters. The van der Waals surface area contributed by atoms with Crippen LogP contribution in [0.4, 0.5) is 5.69 Å². The average Bonchev–Trinajstić information content (AvgIpc) is 2.68. The van der Waals surface area contributed by atoms with Crippen molar-refractivity contribution < 1.29 is 14.3 Å². The van der Waals surface area contributed by atoms with E-state index in [1.165, 1.54) is 0 Å². The molecule has 102 valence electrons. The predicted molar refractivity (Wildman–Crippen MR) is 71.8 cm³/mol. The fourth-order valence-corrected chi connectivity index (χ4v) is 2.29. The molecule has 1 atom stereocenters. The summed E-state index contributed by atoms with van der Waals surface area (Å²) in [5.74, 6) is -0.283. The number of hydrogen-bond donors (Lipinski definition) is 1. The number of ether oxygens (including phenoxy) is 1. The highest BCUT2D eigenvalue weighted by molar-refractivity contribution is 5.99. The molecule has 1 aliphatic heterocycles. The van der Waals surface area contributed by atoms with Gasteiger partial charge in [0.15, 0.2) is 0 Å². The average molecular weight is 262 g/mol.